The number of aryl methyl sites for hydroxylation is 1. The van der Waals surface area contributed by atoms with Crippen molar-refractivity contribution in [1.29, 1.82) is 0 Å². The standard InChI is InChI=1S/C18H29NO2/c1-14-8-6-7-9-15(14)16(20)10-11-19-12-17(2,3)21-18(4,5)13-19/h6-9,16,20H,10-13H2,1-5H3. The van der Waals surface area contributed by atoms with Crippen LogP contribution in [0.1, 0.15) is 51.3 Å². The van der Waals surface area contributed by atoms with E-state index in [1.165, 1.54) is 0 Å². The summed E-state index contributed by atoms with van der Waals surface area (Å²) in [5, 5.41) is 10.4. The summed E-state index contributed by atoms with van der Waals surface area (Å²) in [5.41, 5.74) is 1.95. The van der Waals surface area contributed by atoms with Gasteiger partial charge in [-0.3, -0.25) is 4.90 Å². The van der Waals surface area contributed by atoms with Gasteiger partial charge in [-0.05, 0) is 52.2 Å². The predicted molar refractivity (Wildman–Crippen MR) is 86.4 cm³/mol. The first-order valence-corrected chi connectivity index (χ1v) is 7.85. The van der Waals surface area contributed by atoms with Gasteiger partial charge in [0.15, 0.2) is 0 Å². The van der Waals surface area contributed by atoms with E-state index in [-0.39, 0.29) is 17.3 Å². The maximum Gasteiger partial charge on any atom is 0.0804 e. The van der Waals surface area contributed by atoms with Gasteiger partial charge in [0.2, 0.25) is 0 Å². The van der Waals surface area contributed by atoms with Crippen molar-refractivity contribution in [2.24, 2.45) is 0 Å². The molecule has 1 aromatic rings. The molecule has 1 fully saturated rings. The molecule has 1 N–H and O–H groups in total. The number of benzene rings is 1. The predicted octanol–water partition coefficient (Wildman–Crippen LogP) is 3.31. The van der Waals surface area contributed by atoms with E-state index in [1.807, 2.05) is 18.2 Å². The van der Waals surface area contributed by atoms with Gasteiger partial charge in [0.05, 0.1) is 17.3 Å². The van der Waals surface area contributed by atoms with Gasteiger partial charge in [-0.2, -0.15) is 0 Å². The lowest BCUT2D eigenvalue weighted by molar-refractivity contribution is -0.181. The molecule has 1 heterocycles. The van der Waals surface area contributed by atoms with Gasteiger partial charge in [0.25, 0.3) is 0 Å². The molecule has 0 aromatic heterocycles. The molecule has 1 aliphatic rings. The zero-order valence-corrected chi connectivity index (χ0v) is 14.0. The quantitative estimate of drug-likeness (QED) is 0.924. The molecule has 118 valence electrons. The van der Waals surface area contributed by atoms with Crippen LogP contribution >= 0.6 is 0 Å². The van der Waals surface area contributed by atoms with Crippen molar-refractivity contribution in [3.8, 4) is 0 Å². The molecule has 0 spiro atoms. The first-order chi connectivity index (χ1) is 9.69. The average molecular weight is 291 g/mol. The molecule has 1 unspecified atom stereocenters. The molecule has 0 bridgehead atoms. The Hall–Kier alpha value is -0.900. The normalized spacial score (nSPS) is 23.0. The smallest absolute Gasteiger partial charge is 0.0804 e. The number of morpholine rings is 1. The topological polar surface area (TPSA) is 32.7 Å². The fourth-order valence-electron chi connectivity index (χ4n) is 3.52. The van der Waals surface area contributed by atoms with Gasteiger partial charge in [0, 0.05) is 19.6 Å². The summed E-state index contributed by atoms with van der Waals surface area (Å²) in [4.78, 5) is 2.41. The molecule has 1 atom stereocenters. The molecule has 1 aromatic carbocycles. The van der Waals surface area contributed by atoms with E-state index in [1.54, 1.807) is 0 Å². The Morgan fingerprint density at radius 1 is 1.14 bits per heavy atom. The Bertz CT molecular complexity index is 466. The number of hydrogen-bond acceptors (Lipinski definition) is 3. The van der Waals surface area contributed by atoms with Crippen molar-refractivity contribution < 1.29 is 9.84 Å². The van der Waals surface area contributed by atoms with Gasteiger partial charge in [-0.1, -0.05) is 24.3 Å². The Balaban J connectivity index is 1.95. The van der Waals surface area contributed by atoms with Crippen LogP contribution < -0.4 is 0 Å². The monoisotopic (exact) mass is 291 g/mol. The van der Waals surface area contributed by atoms with Gasteiger partial charge >= 0.3 is 0 Å². The van der Waals surface area contributed by atoms with E-state index >= 15 is 0 Å². The van der Waals surface area contributed by atoms with E-state index in [9.17, 15) is 5.11 Å². The number of aliphatic hydroxyl groups is 1. The molecule has 1 aliphatic heterocycles. The number of aliphatic hydroxyl groups excluding tert-OH is 1. The fraction of sp³-hybridized carbons (Fsp3) is 0.667. The molecule has 0 aliphatic carbocycles. The molecule has 0 amide bonds. The Morgan fingerprint density at radius 2 is 1.71 bits per heavy atom. The molecule has 0 saturated carbocycles. The highest BCUT2D eigenvalue weighted by atomic mass is 16.5. The third-order valence-corrected chi connectivity index (χ3v) is 4.03. The third kappa shape index (κ3) is 4.53. The number of rotatable bonds is 4. The van der Waals surface area contributed by atoms with Crippen LogP contribution in [0.15, 0.2) is 24.3 Å². The summed E-state index contributed by atoms with van der Waals surface area (Å²) in [5.74, 6) is 0. The van der Waals surface area contributed by atoms with Crippen molar-refractivity contribution in [2.75, 3.05) is 19.6 Å². The van der Waals surface area contributed by atoms with Crippen molar-refractivity contribution in [3.63, 3.8) is 0 Å². The van der Waals surface area contributed by atoms with Crippen LogP contribution in [0.4, 0.5) is 0 Å². The zero-order valence-electron chi connectivity index (χ0n) is 14.0. The summed E-state index contributed by atoms with van der Waals surface area (Å²) < 4.78 is 6.10. The second-order valence-corrected chi connectivity index (χ2v) is 7.49. The van der Waals surface area contributed by atoms with Crippen molar-refractivity contribution in [1.82, 2.24) is 4.90 Å². The number of nitrogens with zero attached hydrogens (tertiary/aromatic N) is 1. The molecule has 21 heavy (non-hydrogen) atoms. The van der Waals surface area contributed by atoms with Crippen molar-refractivity contribution in [3.05, 3.63) is 35.4 Å². The van der Waals surface area contributed by atoms with Gasteiger partial charge < -0.3 is 9.84 Å². The lowest BCUT2D eigenvalue weighted by Crippen LogP contribution is -2.57. The van der Waals surface area contributed by atoms with Crippen LogP contribution in [0, 0.1) is 6.92 Å². The summed E-state index contributed by atoms with van der Waals surface area (Å²) >= 11 is 0. The Labute approximate surface area is 128 Å². The van der Waals surface area contributed by atoms with E-state index in [0.717, 1.165) is 37.2 Å². The van der Waals surface area contributed by atoms with E-state index in [0.29, 0.717) is 0 Å². The molecular formula is C18H29NO2. The van der Waals surface area contributed by atoms with E-state index in [4.69, 9.17) is 4.74 Å². The molecule has 3 nitrogen and oxygen atoms in total. The molecule has 3 heteroatoms. The highest BCUT2D eigenvalue weighted by Gasteiger charge is 2.37. The second-order valence-electron chi connectivity index (χ2n) is 7.49. The van der Waals surface area contributed by atoms with Gasteiger partial charge in [-0.15, -0.1) is 0 Å². The van der Waals surface area contributed by atoms with Gasteiger partial charge in [-0.25, -0.2) is 0 Å². The molecule has 2 rings (SSSR count). The highest BCUT2D eigenvalue weighted by molar-refractivity contribution is 5.27. The lowest BCUT2D eigenvalue weighted by atomic mass is 9.97. The number of ether oxygens (including phenoxy) is 1. The summed E-state index contributed by atoms with van der Waals surface area (Å²) in [6, 6.07) is 8.08. The van der Waals surface area contributed by atoms with Crippen LogP contribution in [0.5, 0.6) is 0 Å². The van der Waals surface area contributed by atoms with Gasteiger partial charge in [0.1, 0.15) is 0 Å². The van der Waals surface area contributed by atoms with Crippen LogP contribution in [0.3, 0.4) is 0 Å². The first kappa shape index (κ1) is 16.5. The third-order valence-electron chi connectivity index (χ3n) is 4.03. The van der Waals surface area contributed by atoms with Crippen molar-refractivity contribution >= 4 is 0 Å². The fourth-order valence-corrected chi connectivity index (χ4v) is 3.52. The zero-order chi connectivity index (χ0) is 15.7. The Morgan fingerprint density at radius 3 is 2.29 bits per heavy atom. The molecule has 1 saturated heterocycles. The SMILES string of the molecule is Cc1ccccc1C(O)CCN1CC(C)(C)OC(C)(C)C1. The number of hydrogen-bond donors (Lipinski definition) is 1. The highest BCUT2D eigenvalue weighted by Crippen LogP contribution is 2.29. The minimum Gasteiger partial charge on any atom is -0.388 e. The average Bonchev–Trinajstić information content (AvgIpc) is 2.33. The van der Waals surface area contributed by atoms with E-state index < -0.39 is 0 Å². The first-order valence-electron chi connectivity index (χ1n) is 7.85. The van der Waals surface area contributed by atoms with Crippen LogP contribution in [0.25, 0.3) is 0 Å². The van der Waals surface area contributed by atoms with Crippen LogP contribution in [-0.2, 0) is 4.74 Å². The Kier molecular flexibility index (Phi) is 4.76. The maximum absolute atomic E-state index is 10.4. The second kappa shape index (κ2) is 6.07. The molecular weight excluding hydrogens is 262 g/mol. The minimum absolute atomic E-state index is 0.130. The van der Waals surface area contributed by atoms with Crippen LogP contribution in [-0.4, -0.2) is 40.8 Å². The minimum atomic E-state index is -0.389. The summed E-state index contributed by atoms with van der Waals surface area (Å²) in [6.45, 7) is 13.3. The van der Waals surface area contributed by atoms with Crippen molar-refractivity contribution in [2.45, 2.75) is 58.3 Å². The van der Waals surface area contributed by atoms with Crippen LogP contribution in [0.2, 0.25) is 0 Å². The van der Waals surface area contributed by atoms with E-state index in [2.05, 4.69) is 45.6 Å². The summed E-state index contributed by atoms with van der Waals surface area (Å²) in [6.07, 6.45) is 0.372. The largest absolute Gasteiger partial charge is 0.388 e. The lowest BCUT2D eigenvalue weighted by Gasteiger charge is -2.47. The maximum atomic E-state index is 10.4. The molecule has 0 radical (unpaired) electrons. The summed E-state index contributed by atoms with van der Waals surface area (Å²) in [7, 11) is 0.